The fourth-order valence-electron chi connectivity index (χ4n) is 0.981. The number of aliphatic hydroxyl groups excluding tert-OH is 1. The molecule has 0 spiro atoms. The number of aliphatic hydroxyl groups is 1. The molecule has 0 unspecified atom stereocenters. The van der Waals surface area contributed by atoms with Crippen LogP contribution in [0.5, 0.6) is 0 Å². The summed E-state index contributed by atoms with van der Waals surface area (Å²) in [5, 5.41) is 22.3. The van der Waals surface area contributed by atoms with Crippen LogP contribution in [-0.4, -0.2) is 39.8 Å². The largest absolute Gasteiger partial charge is 0.512 e. The van der Waals surface area contributed by atoms with Crippen molar-refractivity contribution in [1.29, 1.82) is 0 Å². The average molecular weight is 269 g/mol. The molecule has 18 heavy (non-hydrogen) atoms. The van der Waals surface area contributed by atoms with Crippen molar-refractivity contribution < 1.29 is 19.8 Å². The highest BCUT2D eigenvalue weighted by molar-refractivity contribution is 7.13. The third-order valence-corrected chi connectivity index (χ3v) is 2.42. The van der Waals surface area contributed by atoms with Gasteiger partial charge in [0, 0.05) is 17.8 Å². The number of carbonyl (C=O) groups excluding carboxylic acids is 1. The second-order valence-corrected chi connectivity index (χ2v) is 4.05. The lowest BCUT2D eigenvalue weighted by atomic mass is 10.2. The van der Waals surface area contributed by atoms with Crippen molar-refractivity contribution in [3.8, 4) is 0 Å². The number of rotatable bonds is 5. The molecule has 0 atom stereocenters. The third kappa shape index (κ3) is 4.34. The lowest BCUT2D eigenvalue weighted by Gasteiger charge is -2.03. The van der Waals surface area contributed by atoms with Crippen LogP contribution < -0.4 is 5.32 Å². The number of nitrogens with zero attached hydrogens (tertiary/aromatic N) is 2. The quantitative estimate of drug-likeness (QED) is 0.420. The van der Waals surface area contributed by atoms with E-state index in [9.17, 15) is 14.7 Å². The Morgan fingerprint density at radius 1 is 1.56 bits per heavy atom. The van der Waals surface area contributed by atoms with E-state index in [4.69, 9.17) is 5.11 Å². The second kappa shape index (κ2) is 6.50. The average Bonchev–Trinajstić information content (AvgIpc) is 2.75. The maximum absolute atomic E-state index is 11.7. The van der Waals surface area contributed by atoms with Crippen LogP contribution in [0.2, 0.25) is 0 Å². The van der Waals surface area contributed by atoms with Gasteiger partial charge in [-0.1, -0.05) is 0 Å². The second-order valence-electron chi connectivity index (χ2n) is 3.15. The molecule has 1 rings (SSSR count). The smallest absolute Gasteiger partial charge is 0.325 e. The maximum Gasteiger partial charge on any atom is 0.325 e. The summed E-state index contributed by atoms with van der Waals surface area (Å²) in [5.74, 6) is -1.97. The van der Waals surface area contributed by atoms with Crippen molar-refractivity contribution in [2.45, 2.75) is 6.92 Å². The summed E-state index contributed by atoms with van der Waals surface area (Å²) in [6, 6.07) is 0. The number of carboxylic acid groups (broad SMARTS) is 1. The van der Waals surface area contributed by atoms with E-state index in [0.717, 1.165) is 6.21 Å². The molecule has 0 radical (unpaired) electrons. The third-order valence-electron chi connectivity index (χ3n) is 1.73. The summed E-state index contributed by atoms with van der Waals surface area (Å²) in [4.78, 5) is 29.4. The fourth-order valence-corrected chi connectivity index (χ4v) is 1.50. The van der Waals surface area contributed by atoms with Crippen LogP contribution in [-0.2, 0) is 9.59 Å². The molecule has 1 amide bonds. The summed E-state index contributed by atoms with van der Waals surface area (Å²) < 4.78 is 0. The summed E-state index contributed by atoms with van der Waals surface area (Å²) >= 11 is 1.22. The molecule has 96 valence electrons. The predicted molar refractivity (Wildman–Crippen MR) is 67.1 cm³/mol. The maximum atomic E-state index is 11.7. The van der Waals surface area contributed by atoms with Crippen LogP contribution in [0.1, 0.15) is 6.92 Å². The molecule has 1 heterocycles. The molecule has 0 aliphatic heterocycles. The number of aliphatic carboxylic acids is 1. The zero-order valence-corrected chi connectivity index (χ0v) is 10.3. The molecule has 0 bridgehead atoms. The molecule has 0 saturated carbocycles. The molecule has 1 aromatic heterocycles. The number of hydrogen-bond donors (Lipinski definition) is 3. The first kappa shape index (κ1) is 13.8. The minimum Gasteiger partial charge on any atom is -0.512 e. The van der Waals surface area contributed by atoms with Crippen LogP contribution in [0, 0.1) is 0 Å². The van der Waals surface area contributed by atoms with E-state index < -0.39 is 18.4 Å². The van der Waals surface area contributed by atoms with Crippen molar-refractivity contribution in [1.82, 2.24) is 4.98 Å². The van der Waals surface area contributed by atoms with E-state index in [-0.39, 0.29) is 11.3 Å². The van der Waals surface area contributed by atoms with Gasteiger partial charge in [0.25, 0.3) is 5.91 Å². The van der Waals surface area contributed by atoms with E-state index >= 15 is 0 Å². The van der Waals surface area contributed by atoms with E-state index in [2.05, 4.69) is 15.3 Å². The Morgan fingerprint density at radius 3 is 2.78 bits per heavy atom. The van der Waals surface area contributed by atoms with Crippen molar-refractivity contribution in [3.05, 3.63) is 22.9 Å². The zero-order valence-electron chi connectivity index (χ0n) is 9.45. The van der Waals surface area contributed by atoms with Crippen molar-refractivity contribution in [2.24, 2.45) is 4.99 Å². The zero-order chi connectivity index (χ0) is 13.5. The molecular formula is C10H11N3O4S. The number of allylic oxidation sites excluding steroid dienone is 1. The number of carbonyl (C=O) groups is 2. The highest BCUT2D eigenvalue weighted by Gasteiger charge is 2.12. The van der Waals surface area contributed by atoms with Gasteiger partial charge in [0.2, 0.25) is 0 Å². The number of hydrogen-bond acceptors (Lipinski definition) is 6. The Morgan fingerprint density at radius 2 is 2.28 bits per heavy atom. The normalized spacial score (nSPS) is 12.3. The Kier molecular flexibility index (Phi) is 5.00. The van der Waals surface area contributed by atoms with Crippen LogP contribution in [0.4, 0.5) is 5.13 Å². The Labute approximate surface area is 107 Å². The van der Waals surface area contributed by atoms with Gasteiger partial charge in [0.15, 0.2) is 5.13 Å². The first-order valence-electron chi connectivity index (χ1n) is 4.83. The number of aromatic nitrogens is 1. The van der Waals surface area contributed by atoms with Crippen molar-refractivity contribution >= 4 is 34.6 Å². The standard InChI is InChI=1S/C10H11N3O4S/c1-6(14)7(4-11-5-8(15)16)9(17)13-10-12-2-3-18-10/h2-4,14H,5H2,1H3,(H,15,16)(H,12,13,17). The summed E-state index contributed by atoms with van der Waals surface area (Å²) in [6.45, 7) is 0.838. The number of carboxylic acids is 1. The molecule has 1 aromatic rings. The number of anilines is 1. The molecule has 8 heteroatoms. The molecule has 0 saturated heterocycles. The summed E-state index contributed by atoms with van der Waals surface area (Å²) in [7, 11) is 0. The lowest BCUT2D eigenvalue weighted by molar-refractivity contribution is -0.135. The number of amides is 1. The van der Waals surface area contributed by atoms with Gasteiger partial charge in [-0.25, -0.2) is 4.98 Å². The first-order chi connectivity index (χ1) is 8.50. The SMILES string of the molecule is CC(O)=C(C=NCC(=O)O)C(=O)Nc1nccs1. The van der Waals surface area contributed by atoms with Gasteiger partial charge in [-0.15, -0.1) is 11.3 Å². The Balaban J connectivity index is 2.74. The highest BCUT2D eigenvalue weighted by atomic mass is 32.1. The van der Waals surface area contributed by atoms with Gasteiger partial charge in [0.1, 0.15) is 12.3 Å². The number of nitrogens with one attached hydrogen (secondary N) is 1. The highest BCUT2D eigenvalue weighted by Crippen LogP contribution is 2.12. The molecule has 0 aliphatic carbocycles. The monoisotopic (exact) mass is 269 g/mol. The summed E-state index contributed by atoms with van der Waals surface area (Å²) in [6.07, 6.45) is 2.54. The minimum atomic E-state index is -1.12. The topological polar surface area (TPSA) is 112 Å². The molecule has 7 nitrogen and oxygen atoms in total. The minimum absolute atomic E-state index is 0.105. The molecule has 3 N–H and O–H groups in total. The van der Waals surface area contributed by atoms with Crippen LogP contribution >= 0.6 is 11.3 Å². The van der Waals surface area contributed by atoms with E-state index in [0.29, 0.717) is 5.13 Å². The fraction of sp³-hybridized carbons (Fsp3) is 0.200. The van der Waals surface area contributed by atoms with Gasteiger partial charge >= 0.3 is 5.97 Å². The number of aliphatic imine (C=N–C) groups is 1. The lowest BCUT2D eigenvalue weighted by Crippen LogP contribution is -2.17. The van der Waals surface area contributed by atoms with Crippen molar-refractivity contribution in [2.75, 3.05) is 11.9 Å². The summed E-state index contributed by atoms with van der Waals surface area (Å²) in [5.41, 5.74) is -0.105. The van der Waals surface area contributed by atoms with Crippen molar-refractivity contribution in [3.63, 3.8) is 0 Å². The van der Waals surface area contributed by atoms with Gasteiger partial charge in [-0.2, -0.15) is 0 Å². The Hall–Kier alpha value is -2.22. The predicted octanol–water partition coefficient (Wildman–Crippen LogP) is 1.07. The first-order valence-corrected chi connectivity index (χ1v) is 5.71. The molecule has 0 fully saturated rings. The van der Waals surface area contributed by atoms with E-state index in [1.165, 1.54) is 24.5 Å². The van der Waals surface area contributed by atoms with Crippen LogP contribution in [0.15, 0.2) is 27.9 Å². The van der Waals surface area contributed by atoms with Crippen LogP contribution in [0.25, 0.3) is 0 Å². The number of thiazole rings is 1. The molecular weight excluding hydrogens is 258 g/mol. The van der Waals surface area contributed by atoms with Gasteiger partial charge < -0.3 is 10.2 Å². The molecule has 0 aromatic carbocycles. The van der Waals surface area contributed by atoms with Gasteiger partial charge in [0.05, 0.1) is 5.57 Å². The molecule has 0 aliphatic rings. The Bertz CT molecular complexity index is 489. The van der Waals surface area contributed by atoms with Crippen LogP contribution in [0.3, 0.4) is 0 Å². The van der Waals surface area contributed by atoms with E-state index in [1.807, 2.05) is 0 Å². The van der Waals surface area contributed by atoms with Gasteiger partial charge in [-0.3, -0.25) is 19.9 Å². The van der Waals surface area contributed by atoms with Gasteiger partial charge in [-0.05, 0) is 6.92 Å². The van der Waals surface area contributed by atoms with E-state index in [1.54, 1.807) is 5.38 Å².